The van der Waals surface area contributed by atoms with Gasteiger partial charge in [0.2, 0.25) is 0 Å². The van der Waals surface area contributed by atoms with Gasteiger partial charge in [-0.1, -0.05) is 0 Å². The molecule has 0 bridgehead atoms. The van der Waals surface area contributed by atoms with E-state index in [2.05, 4.69) is 0 Å². The van der Waals surface area contributed by atoms with Crippen molar-refractivity contribution in [2.75, 3.05) is 0 Å². The van der Waals surface area contributed by atoms with Crippen LogP contribution in [-0.2, 0) is 21.5 Å². The molecular formula is C8H11BrFZn. The van der Waals surface area contributed by atoms with E-state index in [4.69, 9.17) is 0 Å². The van der Waals surface area contributed by atoms with Crippen molar-refractivity contribution in [3.05, 3.63) is 35.9 Å². The Hall–Kier alpha value is 0.253. The van der Waals surface area contributed by atoms with E-state index in [9.17, 15) is 3.32 Å². The van der Waals surface area contributed by atoms with E-state index < -0.39 is 16.4 Å². The molecule has 0 fully saturated rings. The van der Waals surface area contributed by atoms with Crippen LogP contribution in [0, 0.1) is 0 Å². The van der Waals surface area contributed by atoms with E-state index in [0.29, 0.717) is 0 Å². The first-order valence-electron chi connectivity index (χ1n) is 3.74. The summed E-state index contributed by atoms with van der Waals surface area (Å²) in [5, 5.41) is 0.737. The molecule has 1 rings (SSSR count). The summed E-state index contributed by atoms with van der Waals surface area (Å²) in [4.78, 5) is 0. The van der Waals surface area contributed by atoms with Crippen molar-refractivity contribution < 1.29 is 19.8 Å². The van der Waals surface area contributed by atoms with Crippen LogP contribution in [0.2, 0.25) is 5.52 Å². The Balaban J connectivity index is 0.000001000. The fourth-order valence-corrected chi connectivity index (χ4v) is 3.41. The Kier molecular flexibility index (Phi) is 5.98. The summed E-state index contributed by atoms with van der Waals surface area (Å²) in [7, 11) is 0. The van der Waals surface area contributed by atoms with E-state index >= 15 is 0 Å². The SMILES string of the molecule is Br.[CH3][Zn]([F])[CH2]c1ccccc1. The van der Waals surface area contributed by atoms with E-state index in [1.54, 1.807) is 5.52 Å². The Morgan fingerprint density at radius 3 is 2.27 bits per heavy atom. The Morgan fingerprint density at radius 1 is 1.27 bits per heavy atom. The first kappa shape index (κ1) is 11.3. The van der Waals surface area contributed by atoms with Crippen LogP contribution in [0.3, 0.4) is 0 Å². The van der Waals surface area contributed by atoms with Gasteiger partial charge >= 0.3 is 66.2 Å². The summed E-state index contributed by atoms with van der Waals surface area (Å²) < 4.78 is 12.6. The van der Waals surface area contributed by atoms with Gasteiger partial charge < -0.3 is 0 Å². The quantitative estimate of drug-likeness (QED) is 0.724. The molecule has 0 saturated carbocycles. The van der Waals surface area contributed by atoms with Gasteiger partial charge in [-0.05, 0) is 0 Å². The monoisotopic (exact) mass is 269 g/mol. The molecule has 59 valence electrons. The maximum absolute atomic E-state index is 12.6. The van der Waals surface area contributed by atoms with Crippen molar-refractivity contribution in [1.29, 1.82) is 0 Å². The van der Waals surface area contributed by atoms with Gasteiger partial charge in [-0.3, -0.25) is 0 Å². The molecule has 1 aromatic rings. The summed E-state index contributed by atoms with van der Waals surface area (Å²) in [5.41, 5.74) is 2.94. The molecule has 0 aliphatic heterocycles. The standard InChI is InChI=1S/C7H7.CH3.BrH.FH.Zn/c1-7-5-3-2-4-6-7;;;;/h2-6H,1H2;1H3;2*1H;/q;;;;+1/p-1. The normalized spacial score (nSPS) is 8.55. The minimum absolute atomic E-state index is 0. The zero-order chi connectivity index (χ0) is 7.40. The summed E-state index contributed by atoms with van der Waals surface area (Å²) in [6.07, 6.45) is 0. The van der Waals surface area contributed by atoms with Crippen LogP contribution >= 0.6 is 17.0 Å². The van der Waals surface area contributed by atoms with Gasteiger partial charge in [0.15, 0.2) is 0 Å². The van der Waals surface area contributed by atoms with Crippen LogP contribution < -0.4 is 0 Å². The van der Waals surface area contributed by atoms with Crippen molar-refractivity contribution in [3.8, 4) is 0 Å². The summed E-state index contributed by atoms with van der Waals surface area (Å²) in [5.74, 6) is 0. The van der Waals surface area contributed by atoms with Crippen LogP contribution in [0.1, 0.15) is 5.56 Å². The van der Waals surface area contributed by atoms with Gasteiger partial charge in [-0.25, -0.2) is 0 Å². The molecule has 3 heteroatoms. The molecule has 0 aliphatic carbocycles. The van der Waals surface area contributed by atoms with Gasteiger partial charge in [0.25, 0.3) is 0 Å². The average molecular weight is 271 g/mol. The Labute approximate surface area is 83.1 Å². The molecule has 0 radical (unpaired) electrons. The molecule has 0 nitrogen and oxygen atoms in total. The molecule has 0 aromatic heterocycles. The average Bonchev–Trinajstić information content (AvgIpc) is 1.88. The number of benzene rings is 1. The Bertz CT molecular complexity index is 189. The molecule has 0 aliphatic rings. The van der Waals surface area contributed by atoms with Crippen molar-refractivity contribution in [1.82, 2.24) is 0 Å². The first-order valence-corrected chi connectivity index (χ1v) is 9.93. The summed E-state index contributed by atoms with van der Waals surface area (Å²) in [6.45, 7) is 0. The van der Waals surface area contributed by atoms with Gasteiger partial charge in [0, 0.05) is 0 Å². The maximum atomic E-state index is 12.6. The molecule has 0 unspecified atom stereocenters. The second-order valence-corrected chi connectivity index (χ2v) is 7.75. The van der Waals surface area contributed by atoms with Gasteiger partial charge in [-0.15, -0.1) is 17.0 Å². The second kappa shape index (κ2) is 5.85. The van der Waals surface area contributed by atoms with E-state index in [0.717, 1.165) is 10.6 Å². The summed E-state index contributed by atoms with van der Waals surface area (Å²) >= 11 is -2.48. The fourth-order valence-electron chi connectivity index (χ4n) is 1.04. The van der Waals surface area contributed by atoms with E-state index in [1.807, 2.05) is 30.3 Å². The Morgan fingerprint density at radius 2 is 1.82 bits per heavy atom. The number of halogens is 2. The molecular weight excluding hydrogens is 260 g/mol. The molecule has 0 spiro atoms. The van der Waals surface area contributed by atoms with Crippen LogP contribution in [-0.4, -0.2) is 0 Å². The van der Waals surface area contributed by atoms with Gasteiger partial charge in [-0.2, -0.15) is 0 Å². The van der Waals surface area contributed by atoms with Crippen molar-refractivity contribution in [2.45, 2.75) is 10.5 Å². The van der Waals surface area contributed by atoms with Crippen molar-refractivity contribution >= 4 is 17.0 Å². The molecule has 0 saturated heterocycles. The van der Waals surface area contributed by atoms with Crippen LogP contribution in [0.15, 0.2) is 30.3 Å². The molecule has 1 aromatic carbocycles. The number of rotatable bonds is 2. The molecule has 0 N–H and O–H groups in total. The summed E-state index contributed by atoms with van der Waals surface area (Å²) in [6, 6.07) is 9.87. The number of hydrogen-bond donors (Lipinski definition) is 0. The topological polar surface area (TPSA) is 0 Å². The minimum atomic E-state index is -2.48. The van der Waals surface area contributed by atoms with Crippen molar-refractivity contribution in [2.24, 2.45) is 0 Å². The molecule has 0 atom stereocenters. The van der Waals surface area contributed by atoms with Crippen LogP contribution in [0.25, 0.3) is 0 Å². The van der Waals surface area contributed by atoms with E-state index in [1.165, 1.54) is 0 Å². The third-order valence-electron chi connectivity index (χ3n) is 1.48. The molecule has 0 heterocycles. The van der Waals surface area contributed by atoms with Crippen LogP contribution in [0.4, 0.5) is 3.32 Å². The predicted molar refractivity (Wildman–Crippen MR) is 47.4 cm³/mol. The number of hydrogen-bond acceptors (Lipinski definition) is 0. The third kappa shape index (κ3) is 4.65. The zero-order valence-electron chi connectivity index (χ0n) is 6.59. The van der Waals surface area contributed by atoms with Gasteiger partial charge in [0.05, 0.1) is 0 Å². The molecule has 0 amide bonds. The fraction of sp³-hybridized carbons (Fsp3) is 0.250. The zero-order valence-corrected chi connectivity index (χ0v) is 11.3. The second-order valence-electron chi connectivity index (χ2n) is 2.69. The van der Waals surface area contributed by atoms with Crippen LogP contribution in [0.5, 0.6) is 0 Å². The predicted octanol–water partition coefficient (Wildman–Crippen LogP) is 3.32. The van der Waals surface area contributed by atoms with E-state index in [-0.39, 0.29) is 17.0 Å². The first-order chi connectivity index (χ1) is 4.79. The van der Waals surface area contributed by atoms with Crippen molar-refractivity contribution in [3.63, 3.8) is 0 Å². The third-order valence-corrected chi connectivity index (χ3v) is 4.13. The van der Waals surface area contributed by atoms with Gasteiger partial charge in [0.1, 0.15) is 0 Å². The molecule has 11 heavy (non-hydrogen) atoms.